The smallest absolute Gasteiger partial charge is 0.225 e. The summed E-state index contributed by atoms with van der Waals surface area (Å²) in [7, 11) is 0. The van der Waals surface area contributed by atoms with Gasteiger partial charge in [0, 0.05) is 19.2 Å². The quantitative estimate of drug-likeness (QED) is 0.751. The summed E-state index contributed by atoms with van der Waals surface area (Å²) in [5, 5.41) is 2.90. The number of hydrogen-bond acceptors (Lipinski definition) is 3. The number of hydrogen-bond donors (Lipinski definition) is 2. The molecule has 1 aliphatic heterocycles. The molecule has 0 saturated carbocycles. The van der Waals surface area contributed by atoms with Gasteiger partial charge >= 0.3 is 0 Å². The normalized spacial score (nSPS) is 23.1. The third kappa shape index (κ3) is 4.94. The largest absolute Gasteiger partial charge is 0.381 e. The summed E-state index contributed by atoms with van der Waals surface area (Å²) < 4.78 is 5.17. The molecule has 2 atom stereocenters. The standard InChI is InChI=1S/C12H24N2O2/c1-12(2,3)6-10(13)7-14-11(15)9-4-5-16-8-9/h9-10H,4-8,13H2,1-3H3,(H,14,15). The molecule has 94 valence electrons. The summed E-state index contributed by atoms with van der Waals surface area (Å²) in [4.78, 5) is 11.7. The van der Waals surface area contributed by atoms with Crippen LogP contribution in [0.5, 0.6) is 0 Å². The van der Waals surface area contributed by atoms with Crippen LogP contribution in [-0.2, 0) is 9.53 Å². The summed E-state index contributed by atoms with van der Waals surface area (Å²) in [6, 6.07) is 0.0336. The molecule has 3 N–H and O–H groups in total. The van der Waals surface area contributed by atoms with Gasteiger partial charge in [0.05, 0.1) is 12.5 Å². The van der Waals surface area contributed by atoms with Crippen molar-refractivity contribution in [1.29, 1.82) is 0 Å². The Morgan fingerprint density at radius 3 is 2.75 bits per heavy atom. The van der Waals surface area contributed by atoms with E-state index in [1.165, 1.54) is 0 Å². The Morgan fingerprint density at radius 2 is 2.25 bits per heavy atom. The Kier molecular flexibility index (Phi) is 4.74. The van der Waals surface area contributed by atoms with Crippen molar-refractivity contribution in [3.8, 4) is 0 Å². The maximum absolute atomic E-state index is 11.7. The molecule has 1 aliphatic rings. The number of rotatable bonds is 4. The van der Waals surface area contributed by atoms with E-state index in [2.05, 4.69) is 26.1 Å². The monoisotopic (exact) mass is 228 g/mol. The molecule has 0 aliphatic carbocycles. The minimum absolute atomic E-state index is 0.0295. The second-order valence-corrected chi connectivity index (χ2v) is 5.83. The molecule has 0 aromatic heterocycles. The van der Waals surface area contributed by atoms with E-state index in [-0.39, 0.29) is 23.3 Å². The molecule has 0 bridgehead atoms. The fourth-order valence-electron chi connectivity index (χ4n) is 1.98. The molecule has 0 aromatic rings. The first-order chi connectivity index (χ1) is 7.38. The summed E-state index contributed by atoms with van der Waals surface area (Å²) in [6.45, 7) is 8.28. The van der Waals surface area contributed by atoms with Crippen LogP contribution in [0.15, 0.2) is 0 Å². The van der Waals surface area contributed by atoms with Gasteiger partial charge in [-0.15, -0.1) is 0 Å². The fraction of sp³-hybridized carbons (Fsp3) is 0.917. The predicted molar refractivity (Wildman–Crippen MR) is 64.0 cm³/mol. The van der Waals surface area contributed by atoms with E-state index in [0.717, 1.165) is 12.8 Å². The highest BCUT2D eigenvalue weighted by Gasteiger charge is 2.24. The molecule has 16 heavy (non-hydrogen) atoms. The van der Waals surface area contributed by atoms with Gasteiger partial charge in [0.1, 0.15) is 0 Å². The van der Waals surface area contributed by atoms with Gasteiger partial charge < -0.3 is 15.8 Å². The van der Waals surface area contributed by atoms with E-state index in [1.807, 2.05) is 0 Å². The predicted octanol–water partition coefficient (Wildman–Crippen LogP) is 0.903. The van der Waals surface area contributed by atoms with Gasteiger partial charge in [-0.2, -0.15) is 0 Å². The van der Waals surface area contributed by atoms with E-state index < -0.39 is 0 Å². The summed E-state index contributed by atoms with van der Waals surface area (Å²) in [6.07, 6.45) is 1.74. The molecule has 1 saturated heterocycles. The van der Waals surface area contributed by atoms with Gasteiger partial charge in [-0.1, -0.05) is 20.8 Å². The Morgan fingerprint density at radius 1 is 1.56 bits per heavy atom. The van der Waals surface area contributed by atoms with E-state index >= 15 is 0 Å². The zero-order chi connectivity index (χ0) is 12.2. The van der Waals surface area contributed by atoms with E-state index in [9.17, 15) is 4.79 Å². The number of carbonyl (C=O) groups is 1. The second-order valence-electron chi connectivity index (χ2n) is 5.83. The zero-order valence-electron chi connectivity index (χ0n) is 10.6. The fourth-order valence-corrected chi connectivity index (χ4v) is 1.98. The molecule has 0 spiro atoms. The lowest BCUT2D eigenvalue weighted by Gasteiger charge is -2.23. The van der Waals surface area contributed by atoms with Crippen molar-refractivity contribution in [2.45, 2.75) is 39.7 Å². The van der Waals surface area contributed by atoms with Crippen LogP contribution >= 0.6 is 0 Å². The lowest BCUT2D eigenvalue weighted by molar-refractivity contribution is -0.125. The second kappa shape index (κ2) is 5.64. The topological polar surface area (TPSA) is 64.3 Å². The third-order valence-electron chi connectivity index (χ3n) is 2.71. The van der Waals surface area contributed by atoms with Crippen LogP contribution in [-0.4, -0.2) is 31.7 Å². The molecular weight excluding hydrogens is 204 g/mol. The van der Waals surface area contributed by atoms with Gasteiger partial charge in [0.2, 0.25) is 5.91 Å². The van der Waals surface area contributed by atoms with Crippen molar-refractivity contribution >= 4 is 5.91 Å². The van der Waals surface area contributed by atoms with Crippen LogP contribution in [0.1, 0.15) is 33.6 Å². The van der Waals surface area contributed by atoms with Gasteiger partial charge in [-0.3, -0.25) is 4.79 Å². The van der Waals surface area contributed by atoms with Crippen LogP contribution in [0.4, 0.5) is 0 Å². The summed E-state index contributed by atoms with van der Waals surface area (Å²) in [5.41, 5.74) is 6.17. The lowest BCUT2D eigenvalue weighted by atomic mass is 9.88. The van der Waals surface area contributed by atoms with Gasteiger partial charge in [0.25, 0.3) is 0 Å². The highest BCUT2D eigenvalue weighted by molar-refractivity contribution is 5.79. The molecule has 4 nitrogen and oxygen atoms in total. The molecule has 1 fully saturated rings. The highest BCUT2D eigenvalue weighted by Crippen LogP contribution is 2.19. The Hall–Kier alpha value is -0.610. The van der Waals surface area contributed by atoms with Crippen molar-refractivity contribution in [2.24, 2.45) is 17.1 Å². The molecule has 2 unspecified atom stereocenters. The number of amides is 1. The average molecular weight is 228 g/mol. The van der Waals surface area contributed by atoms with Crippen molar-refractivity contribution < 1.29 is 9.53 Å². The molecule has 0 radical (unpaired) electrons. The summed E-state index contributed by atoms with van der Waals surface area (Å²) in [5.74, 6) is 0.115. The maximum atomic E-state index is 11.7. The van der Waals surface area contributed by atoms with Gasteiger partial charge in [0.15, 0.2) is 0 Å². The van der Waals surface area contributed by atoms with Crippen molar-refractivity contribution in [1.82, 2.24) is 5.32 Å². The molecule has 1 heterocycles. The lowest BCUT2D eigenvalue weighted by Crippen LogP contribution is -2.41. The first-order valence-electron chi connectivity index (χ1n) is 5.99. The van der Waals surface area contributed by atoms with Crippen LogP contribution < -0.4 is 11.1 Å². The third-order valence-corrected chi connectivity index (χ3v) is 2.71. The van der Waals surface area contributed by atoms with Crippen LogP contribution in [0, 0.1) is 11.3 Å². The van der Waals surface area contributed by atoms with Crippen LogP contribution in [0.2, 0.25) is 0 Å². The minimum Gasteiger partial charge on any atom is -0.381 e. The first kappa shape index (κ1) is 13.5. The molecular formula is C12H24N2O2. The van der Waals surface area contributed by atoms with Gasteiger partial charge in [-0.25, -0.2) is 0 Å². The minimum atomic E-state index is 0.0295. The maximum Gasteiger partial charge on any atom is 0.225 e. The van der Waals surface area contributed by atoms with Gasteiger partial charge in [-0.05, 0) is 18.3 Å². The Bertz CT molecular complexity index is 230. The Labute approximate surface area is 97.9 Å². The molecule has 4 heteroatoms. The number of carbonyl (C=O) groups excluding carboxylic acids is 1. The van der Waals surface area contributed by atoms with Crippen LogP contribution in [0.3, 0.4) is 0 Å². The number of nitrogens with two attached hydrogens (primary N) is 1. The molecule has 1 rings (SSSR count). The van der Waals surface area contributed by atoms with Crippen molar-refractivity contribution in [3.05, 3.63) is 0 Å². The van der Waals surface area contributed by atoms with E-state index in [0.29, 0.717) is 19.8 Å². The SMILES string of the molecule is CC(C)(C)CC(N)CNC(=O)C1CCOC1. The van der Waals surface area contributed by atoms with Crippen LogP contribution in [0.25, 0.3) is 0 Å². The van der Waals surface area contributed by atoms with E-state index in [4.69, 9.17) is 10.5 Å². The Balaban J connectivity index is 2.20. The first-order valence-corrected chi connectivity index (χ1v) is 5.99. The van der Waals surface area contributed by atoms with Crippen molar-refractivity contribution in [2.75, 3.05) is 19.8 Å². The number of ether oxygens (including phenoxy) is 1. The van der Waals surface area contributed by atoms with Crippen molar-refractivity contribution in [3.63, 3.8) is 0 Å². The zero-order valence-corrected chi connectivity index (χ0v) is 10.6. The molecule has 1 amide bonds. The molecule has 0 aromatic carbocycles. The van der Waals surface area contributed by atoms with E-state index in [1.54, 1.807) is 0 Å². The summed E-state index contributed by atoms with van der Waals surface area (Å²) >= 11 is 0. The highest BCUT2D eigenvalue weighted by atomic mass is 16.5. The number of nitrogens with one attached hydrogen (secondary N) is 1. The average Bonchev–Trinajstić information content (AvgIpc) is 2.64.